The predicted molar refractivity (Wildman–Crippen MR) is 84.8 cm³/mol. The second kappa shape index (κ2) is 7.62. The maximum Gasteiger partial charge on any atom is 0.0507 e. The SMILES string of the molecule is Cl.Clc1ccccc1C1CNCCN1CC1CCOC1. The summed E-state index contributed by atoms with van der Waals surface area (Å²) < 4.78 is 5.49. The Morgan fingerprint density at radius 3 is 2.95 bits per heavy atom. The van der Waals surface area contributed by atoms with Crippen molar-refractivity contribution in [1.29, 1.82) is 0 Å². The molecule has 0 amide bonds. The lowest BCUT2D eigenvalue weighted by Gasteiger charge is -2.38. The van der Waals surface area contributed by atoms with Gasteiger partial charge in [-0.2, -0.15) is 0 Å². The van der Waals surface area contributed by atoms with Crippen molar-refractivity contribution in [1.82, 2.24) is 10.2 Å². The van der Waals surface area contributed by atoms with Crippen molar-refractivity contribution in [2.24, 2.45) is 5.92 Å². The minimum absolute atomic E-state index is 0. The van der Waals surface area contributed by atoms with Crippen molar-refractivity contribution in [3.05, 3.63) is 34.9 Å². The number of ether oxygens (including phenoxy) is 1. The number of benzene rings is 1. The van der Waals surface area contributed by atoms with Crippen molar-refractivity contribution in [2.75, 3.05) is 39.4 Å². The molecular weight excluding hydrogens is 295 g/mol. The lowest BCUT2D eigenvalue weighted by molar-refractivity contribution is 0.123. The van der Waals surface area contributed by atoms with Gasteiger partial charge in [0, 0.05) is 43.9 Å². The summed E-state index contributed by atoms with van der Waals surface area (Å²) in [5.41, 5.74) is 1.25. The molecule has 1 aromatic rings. The first-order valence-electron chi connectivity index (χ1n) is 7.11. The summed E-state index contributed by atoms with van der Waals surface area (Å²) >= 11 is 6.36. The molecule has 2 aliphatic rings. The highest BCUT2D eigenvalue weighted by atomic mass is 35.5. The van der Waals surface area contributed by atoms with Gasteiger partial charge in [0.25, 0.3) is 0 Å². The number of nitrogens with zero attached hydrogens (tertiary/aromatic N) is 1. The molecule has 3 rings (SSSR count). The molecule has 2 saturated heterocycles. The number of hydrogen-bond acceptors (Lipinski definition) is 3. The van der Waals surface area contributed by atoms with Crippen molar-refractivity contribution < 1.29 is 4.74 Å². The van der Waals surface area contributed by atoms with Gasteiger partial charge >= 0.3 is 0 Å². The van der Waals surface area contributed by atoms with Crippen LogP contribution in [-0.2, 0) is 4.74 Å². The van der Waals surface area contributed by atoms with E-state index in [1.807, 2.05) is 12.1 Å². The van der Waals surface area contributed by atoms with Crippen molar-refractivity contribution in [3.63, 3.8) is 0 Å². The normalized spacial score (nSPS) is 27.2. The predicted octanol–water partition coefficient (Wildman–Crippen LogP) is 2.74. The van der Waals surface area contributed by atoms with Crippen LogP contribution < -0.4 is 5.32 Å². The van der Waals surface area contributed by atoms with Gasteiger partial charge in [-0.05, 0) is 24.0 Å². The zero-order chi connectivity index (χ0) is 13.1. The van der Waals surface area contributed by atoms with Gasteiger partial charge in [-0.25, -0.2) is 0 Å². The van der Waals surface area contributed by atoms with Crippen LogP contribution in [0.2, 0.25) is 5.02 Å². The molecule has 0 aliphatic carbocycles. The Morgan fingerprint density at radius 1 is 1.35 bits per heavy atom. The Balaban J connectivity index is 0.00000147. The van der Waals surface area contributed by atoms with E-state index in [1.54, 1.807) is 0 Å². The first-order valence-corrected chi connectivity index (χ1v) is 7.49. The minimum Gasteiger partial charge on any atom is -0.381 e. The largest absolute Gasteiger partial charge is 0.381 e. The summed E-state index contributed by atoms with van der Waals surface area (Å²) in [6.45, 7) is 6.10. The van der Waals surface area contributed by atoms with E-state index in [0.717, 1.165) is 44.4 Å². The first-order chi connectivity index (χ1) is 9.34. The fourth-order valence-corrected chi connectivity index (χ4v) is 3.34. The van der Waals surface area contributed by atoms with Crippen LogP contribution in [0.5, 0.6) is 0 Å². The first kappa shape index (κ1) is 16.1. The number of piperazine rings is 1. The van der Waals surface area contributed by atoms with E-state index in [2.05, 4.69) is 22.3 Å². The molecule has 2 aliphatic heterocycles. The van der Waals surface area contributed by atoms with Gasteiger partial charge < -0.3 is 10.1 Å². The number of nitrogens with one attached hydrogen (secondary N) is 1. The quantitative estimate of drug-likeness (QED) is 0.928. The standard InChI is InChI=1S/C15H21ClN2O.ClH/c16-14-4-2-1-3-13(14)15-9-17-6-7-18(15)10-12-5-8-19-11-12;/h1-4,12,15,17H,5-11H2;1H. The highest BCUT2D eigenvalue weighted by Crippen LogP contribution is 2.29. The monoisotopic (exact) mass is 316 g/mol. The van der Waals surface area contributed by atoms with Gasteiger partial charge in [0.15, 0.2) is 0 Å². The molecule has 3 nitrogen and oxygen atoms in total. The minimum atomic E-state index is 0. The Morgan fingerprint density at radius 2 is 2.20 bits per heavy atom. The Kier molecular flexibility index (Phi) is 6.12. The van der Waals surface area contributed by atoms with Crippen LogP contribution in [-0.4, -0.2) is 44.3 Å². The van der Waals surface area contributed by atoms with E-state index < -0.39 is 0 Å². The van der Waals surface area contributed by atoms with E-state index in [0.29, 0.717) is 12.0 Å². The molecule has 0 spiro atoms. The van der Waals surface area contributed by atoms with E-state index in [-0.39, 0.29) is 12.4 Å². The van der Waals surface area contributed by atoms with E-state index >= 15 is 0 Å². The average Bonchev–Trinajstić information content (AvgIpc) is 2.93. The topological polar surface area (TPSA) is 24.5 Å². The highest BCUT2D eigenvalue weighted by Gasteiger charge is 2.28. The smallest absolute Gasteiger partial charge is 0.0507 e. The van der Waals surface area contributed by atoms with Gasteiger partial charge in [-0.1, -0.05) is 29.8 Å². The van der Waals surface area contributed by atoms with Crippen molar-refractivity contribution >= 4 is 24.0 Å². The molecule has 0 saturated carbocycles. The summed E-state index contributed by atoms with van der Waals surface area (Å²) in [5.74, 6) is 0.683. The number of halogens is 2. The third-order valence-corrected chi connectivity index (χ3v) is 4.48. The third-order valence-electron chi connectivity index (χ3n) is 4.14. The van der Waals surface area contributed by atoms with Crippen LogP contribution in [0, 0.1) is 5.92 Å². The van der Waals surface area contributed by atoms with Crippen LogP contribution >= 0.6 is 24.0 Å². The second-order valence-electron chi connectivity index (χ2n) is 5.47. The lowest BCUT2D eigenvalue weighted by atomic mass is 10.0. The molecule has 112 valence electrons. The zero-order valence-electron chi connectivity index (χ0n) is 11.6. The molecule has 1 aromatic carbocycles. The number of rotatable bonds is 3. The highest BCUT2D eigenvalue weighted by molar-refractivity contribution is 6.31. The van der Waals surface area contributed by atoms with Crippen LogP contribution in [0.1, 0.15) is 18.0 Å². The molecule has 1 N–H and O–H groups in total. The summed E-state index contributed by atoms with van der Waals surface area (Å²) in [4.78, 5) is 2.57. The Labute approximate surface area is 132 Å². The van der Waals surface area contributed by atoms with Crippen LogP contribution in [0.15, 0.2) is 24.3 Å². The summed E-state index contributed by atoms with van der Waals surface area (Å²) in [7, 11) is 0. The van der Waals surface area contributed by atoms with Crippen LogP contribution in [0.25, 0.3) is 0 Å². The average molecular weight is 317 g/mol. The molecule has 20 heavy (non-hydrogen) atoms. The van der Waals surface area contributed by atoms with Gasteiger partial charge in [0.2, 0.25) is 0 Å². The van der Waals surface area contributed by atoms with E-state index in [9.17, 15) is 0 Å². The fourth-order valence-electron chi connectivity index (χ4n) is 3.08. The van der Waals surface area contributed by atoms with Crippen LogP contribution in [0.3, 0.4) is 0 Å². The maximum absolute atomic E-state index is 6.36. The molecule has 2 fully saturated rings. The molecular formula is C15H22Cl2N2O. The van der Waals surface area contributed by atoms with Gasteiger partial charge in [-0.15, -0.1) is 12.4 Å². The molecule has 5 heteroatoms. The molecule has 0 radical (unpaired) electrons. The van der Waals surface area contributed by atoms with E-state index in [4.69, 9.17) is 16.3 Å². The summed E-state index contributed by atoms with van der Waals surface area (Å²) in [6, 6.07) is 8.60. The molecule has 2 atom stereocenters. The third kappa shape index (κ3) is 3.66. The fraction of sp³-hybridized carbons (Fsp3) is 0.600. The molecule has 0 aromatic heterocycles. The zero-order valence-corrected chi connectivity index (χ0v) is 13.1. The van der Waals surface area contributed by atoms with Gasteiger partial charge in [0.1, 0.15) is 0 Å². The molecule has 0 bridgehead atoms. The summed E-state index contributed by atoms with van der Waals surface area (Å²) in [6.07, 6.45) is 1.19. The maximum atomic E-state index is 6.36. The number of hydrogen-bond donors (Lipinski definition) is 1. The van der Waals surface area contributed by atoms with Crippen molar-refractivity contribution in [3.8, 4) is 0 Å². The Bertz CT molecular complexity index is 424. The summed E-state index contributed by atoms with van der Waals surface area (Å²) in [5, 5.41) is 4.36. The van der Waals surface area contributed by atoms with Gasteiger partial charge in [0.05, 0.1) is 6.61 Å². The molecule has 2 heterocycles. The van der Waals surface area contributed by atoms with Crippen LogP contribution in [0.4, 0.5) is 0 Å². The lowest BCUT2D eigenvalue weighted by Crippen LogP contribution is -2.47. The molecule has 2 unspecified atom stereocenters. The Hall–Kier alpha value is -0.320. The van der Waals surface area contributed by atoms with Gasteiger partial charge in [-0.3, -0.25) is 4.90 Å². The van der Waals surface area contributed by atoms with Crippen molar-refractivity contribution in [2.45, 2.75) is 12.5 Å². The second-order valence-corrected chi connectivity index (χ2v) is 5.87. The van der Waals surface area contributed by atoms with E-state index in [1.165, 1.54) is 12.0 Å².